The normalized spacial score (nSPS) is 11.2. The smallest absolute Gasteiger partial charge is 0.497 e. The van der Waals surface area contributed by atoms with Crippen LogP contribution in [0.4, 0.5) is 18.0 Å². The molecule has 0 amide bonds. The van der Waals surface area contributed by atoms with Gasteiger partial charge in [0.1, 0.15) is 23.0 Å². The summed E-state index contributed by atoms with van der Waals surface area (Å²) in [6, 6.07) is 15.0. The van der Waals surface area contributed by atoms with Gasteiger partial charge >= 0.3 is 12.5 Å². The van der Waals surface area contributed by atoms with Crippen LogP contribution in [0.2, 0.25) is 5.02 Å². The Morgan fingerprint density at radius 2 is 1.55 bits per heavy atom. The summed E-state index contributed by atoms with van der Waals surface area (Å²) in [5, 5.41) is 0.674. The summed E-state index contributed by atoms with van der Waals surface area (Å²) in [6.45, 7) is 3.54. The summed E-state index contributed by atoms with van der Waals surface area (Å²) < 4.78 is 62.6. The number of hydrogen-bond donors (Lipinski definition) is 0. The van der Waals surface area contributed by atoms with Gasteiger partial charge in [0, 0.05) is 17.3 Å². The number of fused-ring (bicyclic) bond motifs is 1. The van der Waals surface area contributed by atoms with Crippen molar-refractivity contribution in [3.63, 3.8) is 0 Å². The van der Waals surface area contributed by atoms with Gasteiger partial charge in [-0.1, -0.05) is 23.7 Å². The molecule has 0 fully saturated rings. The maximum Gasteiger partial charge on any atom is 0.573 e. The van der Waals surface area contributed by atoms with E-state index in [2.05, 4.69) is 9.72 Å². The van der Waals surface area contributed by atoms with Gasteiger partial charge in [0.05, 0.1) is 29.6 Å². The number of carbonyl (C=O) groups excluding carboxylic acids is 1. The fourth-order valence-electron chi connectivity index (χ4n) is 3.73. The van der Waals surface area contributed by atoms with Crippen LogP contribution in [-0.2, 0) is 4.74 Å². The topological polar surface area (TPSA) is 76.1 Å². The van der Waals surface area contributed by atoms with Gasteiger partial charge in [-0.15, -0.1) is 13.2 Å². The Morgan fingerprint density at radius 3 is 2.13 bits per heavy atom. The molecule has 1 aromatic heterocycles. The Hall–Kier alpha value is -4.18. The zero-order chi connectivity index (χ0) is 27.4. The summed E-state index contributed by atoms with van der Waals surface area (Å²) in [7, 11) is 1.50. The van der Waals surface area contributed by atoms with Gasteiger partial charge < -0.3 is 23.7 Å². The zero-order valence-electron chi connectivity index (χ0n) is 20.4. The number of ether oxygens (including phenoxy) is 5. The molecule has 0 bridgehead atoms. The summed E-state index contributed by atoms with van der Waals surface area (Å²) in [5.74, 6) is 1.03. The van der Waals surface area contributed by atoms with Crippen molar-refractivity contribution in [3.05, 3.63) is 71.4 Å². The van der Waals surface area contributed by atoms with E-state index in [4.69, 9.17) is 30.5 Å². The third kappa shape index (κ3) is 6.20. The number of hydrogen-bond acceptors (Lipinski definition) is 7. The summed E-state index contributed by atoms with van der Waals surface area (Å²) in [4.78, 5) is 17.0. The Labute approximate surface area is 220 Å². The molecule has 0 unspecified atom stereocenters. The number of carbonyl (C=O) groups is 1. The average molecular weight is 548 g/mol. The Balaban J connectivity index is 1.69. The minimum Gasteiger partial charge on any atom is -0.497 e. The Morgan fingerprint density at radius 1 is 0.947 bits per heavy atom. The number of nitrogens with zero attached hydrogens (tertiary/aromatic N) is 1. The van der Waals surface area contributed by atoms with Crippen LogP contribution in [0.15, 0.2) is 60.7 Å². The number of aromatic nitrogens is 1. The van der Waals surface area contributed by atoms with E-state index in [9.17, 15) is 18.0 Å². The minimum absolute atomic E-state index is 0.118. The van der Waals surface area contributed by atoms with E-state index in [1.807, 2.05) is 0 Å². The third-order valence-electron chi connectivity index (χ3n) is 5.27. The lowest BCUT2D eigenvalue weighted by atomic mass is 10.00. The van der Waals surface area contributed by atoms with Crippen LogP contribution in [0.3, 0.4) is 0 Å². The van der Waals surface area contributed by atoms with Gasteiger partial charge in [-0.25, -0.2) is 4.79 Å². The van der Waals surface area contributed by atoms with Crippen molar-refractivity contribution < 1.29 is 41.7 Å². The second-order valence-corrected chi connectivity index (χ2v) is 8.24. The highest BCUT2D eigenvalue weighted by Gasteiger charge is 2.31. The van der Waals surface area contributed by atoms with Crippen molar-refractivity contribution in [2.45, 2.75) is 20.2 Å². The molecule has 0 N–H and O–H groups in total. The predicted octanol–water partition coefficient (Wildman–Crippen LogP) is 8.10. The second kappa shape index (κ2) is 11.1. The largest absolute Gasteiger partial charge is 0.573 e. The summed E-state index contributed by atoms with van der Waals surface area (Å²) in [6.07, 6.45) is -5.68. The van der Waals surface area contributed by atoms with Gasteiger partial charge in [-0.3, -0.25) is 4.98 Å². The van der Waals surface area contributed by atoms with E-state index in [0.29, 0.717) is 45.0 Å². The molecule has 0 aliphatic heterocycles. The number of rotatable bonds is 7. The molecule has 0 aliphatic carbocycles. The first-order valence-electron chi connectivity index (χ1n) is 11.2. The molecule has 7 nitrogen and oxygen atoms in total. The van der Waals surface area contributed by atoms with Crippen LogP contribution in [0, 0.1) is 6.92 Å². The Bertz CT molecular complexity index is 1460. The standard InChI is InChI=1S/C27H21ClF3NO6/c1-4-35-26(33)37-25-23(15(2)32-22-14-20(34-3)13-21(28)24(22)25)16-5-7-17(8-6-16)36-18-9-11-19(12-10-18)38-27(29,30)31/h5-14H,4H2,1-3H3. The molecule has 0 atom stereocenters. The van der Waals surface area contributed by atoms with Gasteiger partial charge in [-0.05, 0) is 61.9 Å². The van der Waals surface area contributed by atoms with Crippen molar-refractivity contribution in [3.8, 4) is 39.9 Å². The fourth-order valence-corrected chi connectivity index (χ4v) is 4.02. The van der Waals surface area contributed by atoms with Crippen molar-refractivity contribution in [1.82, 2.24) is 4.98 Å². The fraction of sp³-hybridized carbons (Fsp3) is 0.185. The monoisotopic (exact) mass is 547 g/mol. The Kier molecular flexibility index (Phi) is 7.82. The third-order valence-corrected chi connectivity index (χ3v) is 5.56. The summed E-state index contributed by atoms with van der Waals surface area (Å²) >= 11 is 6.54. The van der Waals surface area contributed by atoms with E-state index >= 15 is 0 Å². The van der Waals surface area contributed by atoms with E-state index < -0.39 is 12.5 Å². The number of methoxy groups -OCH3 is 1. The van der Waals surface area contributed by atoms with Gasteiger partial charge in [0.2, 0.25) is 0 Å². The molecule has 0 radical (unpaired) electrons. The maximum atomic E-state index is 12.4. The zero-order valence-corrected chi connectivity index (χ0v) is 21.1. The van der Waals surface area contributed by atoms with Crippen molar-refractivity contribution in [2.75, 3.05) is 13.7 Å². The molecule has 1 heterocycles. The van der Waals surface area contributed by atoms with E-state index in [1.165, 1.54) is 19.2 Å². The van der Waals surface area contributed by atoms with Crippen molar-refractivity contribution >= 4 is 28.7 Å². The number of benzene rings is 3. The highest BCUT2D eigenvalue weighted by atomic mass is 35.5. The molecule has 0 saturated heterocycles. The van der Waals surface area contributed by atoms with Crippen molar-refractivity contribution in [2.24, 2.45) is 0 Å². The first-order chi connectivity index (χ1) is 18.1. The summed E-state index contributed by atoms with van der Waals surface area (Å²) in [5.41, 5.74) is 2.17. The van der Waals surface area contributed by atoms with E-state index in [0.717, 1.165) is 12.1 Å². The first-order valence-corrected chi connectivity index (χ1v) is 11.6. The molecule has 11 heteroatoms. The van der Waals surface area contributed by atoms with Crippen LogP contribution in [-0.4, -0.2) is 31.2 Å². The van der Waals surface area contributed by atoms with Crippen LogP contribution in [0.1, 0.15) is 12.6 Å². The second-order valence-electron chi connectivity index (χ2n) is 7.84. The quantitative estimate of drug-likeness (QED) is 0.216. The highest BCUT2D eigenvalue weighted by molar-refractivity contribution is 6.36. The number of pyridine rings is 1. The van der Waals surface area contributed by atoms with E-state index in [1.54, 1.807) is 50.2 Å². The van der Waals surface area contributed by atoms with Crippen LogP contribution in [0.25, 0.3) is 22.0 Å². The lowest BCUT2D eigenvalue weighted by molar-refractivity contribution is -0.274. The SMILES string of the molecule is CCOC(=O)Oc1c(-c2ccc(Oc3ccc(OC(F)(F)F)cc3)cc2)c(C)nc2cc(OC)cc(Cl)c12. The molecule has 198 valence electrons. The molecule has 0 aliphatic rings. The van der Waals surface area contributed by atoms with Crippen LogP contribution < -0.4 is 18.9 Å². The number of aryl methyl sites for hydroxylation is 1. The van der Waals surface area contributed by atoms with E-state index in [-0.39, 0.29) is 23.1 Å². The molecule has 38 heavy (non-hydrogen) atoms. The van der Waals surface area contributed by atoms with Crippen LogP contribution >= 0.6 is 11.6 Å². The van der Waals surface area contributed by atoms with Gasteiger partial charge in [0.25, 0.3) is 0 Å². The lowest BCUT2D eigenvalue weighted by Crippen LogP contribution is -2.16. The average Bonchev–Trinajstić information content (AvgIpc) is 2.85. The van der Waals surface area contributed by atoms with Gasteiger partial charge in [0.15, 0.2) is 5.75 Å². The van der Waals surface area contributed by atoms with Gasteiger partial charge in [-0.2, -0.15) is 0 Å². The molecular formula is C27H21ClF3NO6. The molecule has 4 aromatic rings. The molecule has 0 spiro atoms. The number of alkyl halides is 3. The predicted molar refractivity (Wildman–Crippen MR) is 134 cm³/mol. The molecule has 0 saturated carbocycles. The molecule has 3 aromatic carbocycles. The molecular weight excluding hydrogens is 527 g/mol. The van der Waals surface area contributed by atoms with Crippen molar-refractivity contribution in [1.29, 1.82) is 0 Å². The van der Waals surface area contributed by atoms with Crippen LogP contribution in [0.5, 0.6) is 28.7 Å². The maximum absolute atomic E-state index is 12.4. The first kappa shape index (κ1) is 26.9. The lowest BCUT2D eigenvalue weighted by Gasteiger charge is -2.17. The number of halogens is 4. The minimum atomic E-state index is -4.78. The molecule has 4 rings (SSSR count). The highest BCUT2D eigenvalue weighted by Crippen LogP contribution is 2.43.